The molecule has 1 aliphatic heterocycles. The van der Waals surface area contributed by atoms with Crippen molar-refractivity contribution in [2.45, 2.75) is 26.7 Å². The molecule has 7 nitrogen and oxygen atoms in total. The molecule has 1 aliphatic rings. The van der Waals surface area contributed by atoms with Gasteiger partial charge in [-0.15, -0.1) is 0 Å². The first-order chi connectivity index (χ1) is 11.3. The predicted molar refractivity (Wildman–Crippen MR) is 94.7 cm³/mol. The highest BCUT2D eigenvalue weighted by Gasteiger charge is 2.28. The van der Waals surface area contributed by atoms with E-state index in [1.54, 1.807) is 14.1 Å². The van der Waals surface area contributed by atoms with Crippen molar-refractivity contribution in [3.8, 4) is 0 Å². The van der Waals surface area contributed by atoms with E-state index in [4.69, 9.17) is 4.74 Å². The van der Waals surface area contributed by atoms with Crippen molar-refractivity contribution >= 4 is 17.8 Å². The van der Waals surface area contributed by atoms with Crippen molar-refractivity contribution in [1.82, 2.24) is 15.1 Å². The Morgan fingerprint density at radius 2 is 2.12 bits per heavy atom. The number of nitrogens with zero attached hydrogens (tertiary/aromatic N) is 3. The minimum Gasteiger partial charge on any atom is -0.466 e. The Hall–Kier alpha value is -2.05. The summed E-state index contributed by atoms with van der Waals surface area (Å²) in [7, 11) is 3.41. The lowest BCUT2D eigenvalue weighted by Crippen LogP contribution is -2.49. The van der Waals surface area contributed by atoms with E-state index in [1.807, 2.05) is 18.7 Å². The number of carbonyl (C=O) groups excluding carboxylic acids is 2. The summed E-state index contributed by atoms with van der Waals surface area (Å²) in [4.78, 5) is 31.8. The zero-order valence-electron chi connectivity index (χ0n) is 15.3. The SMILES string of the molecule is C=C(C)CNC(=NCC(=O)N(C)C)N1CCCC(C(=O)OCC)C1. The Labute approximate surface area is 144 Å². The monoisotopic (exact) mass is 338 g/mol. The van der Waals surface area contributed by atoms with Crippen LogP contribution in [-0.2, 0) is 14.3 Å². The number of likely N-dealkylation sites (tertiary alicyclic amines) is 1. The van der Waals surface area contributed by atoms with Crippen LogP contribution in [0.2, 0.25) is 0 Å². The van der Waals surface area contributed by atoms with Crippen molar-refractivity contribution in [2.75, 3.05) is 46.9 Å². The second-order valence-electron chi connectivity index (χ2n) is 6.28. The average molecular weight is 338 g/mol. The molecule has 1 atom stereocenters. The van der Waals surface area contributed by atoms with Gasteiger partial charge in [0, 0.05) is 33.7 Å². The molecule has 0 aromatic carbocycles. The fourth-order valence-electron chi connectivity index (χ4n) is 2.40. The van der Waals surface area contributed by atoms with Crippen LogP contribution in [0.15, 0.2) is 17.1 Å². The predicted octanol–water partition coefficient (Wildman–Crippen LogP) is 0.871. The summed E-state index contributed by atoms with van der Waals surface area (Å²) in [5, 5.41) is 3.23. The Bertz CT molecular complexity index is 488. The molecule has 7 heteroatoms. The van der Waals surface area contributed by atoms with E-state index in [-0.39, 0.29) is 24.3 Å². The fourth-order valence-corrected chi connectivity index (χ4v) is 2.40. The number of hydrogen-bond donors (Lipinski definition) is 1. The summed E-state index contributed by atoms with van der Waals surface area (Å²) in [5.41, 5.74) is 0.973. The molecule has 1 unspecified atom stereocenters. The zero-order valence-corrected chi connectivity index (χ0v) is 15.3. The van der Waals surface area contributed by atoms with E-state index in [1.165, 1.54) is 4.90 Å². The van der Waals surface area contributed by atoms with Crippen LogP contribution in [0.5, 0.6) is 0 Å². The average Bonchev–Trinajstić information content (AvgIpc) is 2.54. The van der Waals surface area contributed by atoms with Crippen LogP contribution in [0, 0.1) is 5.92 Å². The first-order valence-electron chi connectivity index (χ1n) is 8.39. The van der Waals surface area contributed by atoms with Gasteiger partial charge in [-0.1, -0.05) is 12.2 Å². The zero-order chi connectivity index (χ0) is 18.1. The minimum atomic E-state index is -0.161. The third kappa shape index (κ3) is 6.60. The molecule has 1 N–H and O–H groups in total. The first-order valence-corrected chi connectivity index (χ1v) is 8.39. The van der Waals surface area contributed by atoms with E-state index < -0.39 is 0 Å². The Balaban J connectivity index is 2.80. The number of nitrogens with one attached hydrogen (secondary N) is 1. The van der Waals surface area contributed by atoms with E-state index in [2.05, 4.69) is 16.9 Å². The highest BCUT2D eigenvalue weighted by atomic mass is 16.5. The highest BCUT2D eigenvalue weighted by molar-refractivity contribution is 5.85. The molecule has 0 aliphatic carbocycles. The molecular weight excluding hydrogens is 308 g/mol. The Morgan fingerprint density at radius 1 is 1.42 bits per heavy atom. The molecule has 1 saturated heterocycles. The highest BCUT2D eigenvalue weighted by Crippen LogP contribution is 2.18. The second kappa shape index (κ2) is 9.95. The third-order valence-electron chi connectivity index (χ3n) is 3.75. The molecule has 1 rings (SSSR count). The summed E-state index contributed by atoms with van der Waals surface area (Å²) in [5.74, 6) is 0.261. The smallest absolute Gasteiger partial charge is 0.310 e. The Morgan fingerprint density at radius 3 is 2.71 bits per heavy atom. The maximum absolute atomic E-state index is 12.0. The van der Waals surface area contributed by atoms with Gasteiger partial charge in [-0.25, -0.2) is 4.99 Å². The molecule has 0 bridgehead atoms. The molecule has 0 aromatic heterocycles. The van der Waals surface area contributed by atoms with Crippen LogP contribution in [0.25, 0.3) is 0 Å². The maximum Gasteiger partial charge on any atom is 0.310 e. The van der Waals surface area contributed by atoms with Crippen LogP contribution in [0.3, 0.4) is 0 Å². The lowest BCUT2D eigenvalue weighted by molar-refractivity contribution is -0.149. The van der Waals surface area contributed by atoms with Gasteiger partial charge in [-0.2, -0.15) is 0 Å². The summed E-state index contributed by atoms with van der Waals surface area (Å²) >= 11 is 0. The van der Waals surface area contributed by atoms with Gasteiger partial charge in [0.05, 0.1) is 12.5 Å². The van der Waals surface area contributed by atoms with Crippen LogP contribution in [0.4, 0.5) is 0 Å². The number of likely N-dealkylation sites (N-methyl/N-ethyl adjacent to an activating group) is 1. The topological polar surface area (TPSA) is 74.2 Å². The van der Waals surface area contributed by atoms with Crippen LogP contribution in [-0.4, -0.2) is 74.5 Å². The molecule has 0 saturated carbocycles. The molecule has 0 aromatic rings. The van der Waals surface area contributed by atoms with Crippen molar-refractivity contribution in [3.05, 3.63) is 12.2 Å². The second-order valence-corrected chi connectivity index (χ2v) is 6.28. The number of ether oxygens (including phenoxy) is 1. The summed E-state index contributed by atoms with van der Waals surface area (Å²) in [6.07, 6.45) is 1.71. The van der Waals surface area contributed by atoms with E-state index >= 15 is 0 Å². The number of hydrogen-bond acceptors (Lipinski definition) is 4. The van der Waals surface area contributed by atoms with Gasteiger partial charge in [-0.3, -0.25) is 9.59 Å². The summed E-state index contributed by atoms with van der Waals surface area (Å²) in [6, 6.07) is 0. The normalized spacial score (nSPS) is 18.1. The number of esters is 1. The van der Waals surface area contributed by atoms with Gasteiger partial charge in [0.25, 0.3) is 0 Å². The number of carbonyl (C=O) groups is 2. The number of rotatable bonds is 6. The van der Waals surface area contributed by atoms with Gasteiger partial charge in [-0.05, 0) is 26.7 Å². The number of guanidine groups is 1. The van der Waals surface area contributed by atoms with E-state index in [0.29, 0.717) is 25.7 Å². The van der Waals surface area contributed by atoms with Crippen LogP contribution >= 0.6 is 0 Å². The van der Waals surface area contributed by atoms with Gasteiger partial charge in [0.15, 0.2) is 5.96 Å². The van der Waals surface area contributed by atoms with Gasteiger partial charge < -0.3 is 19.9 Å². The Kier molecular flexibility index (Phi) is 8.29. The van der Waals surface area contributed by atoms with Gasteiger partial charge in [0.1, 0.15) is 6.54 Å². The lowest BCUT2D eigenvalue weighted by Gasteiger charge is -2.34. The summed E-state index contributed by atoms with van der Waals surface area (Å²) in [6.45, 7) is 10.0. The van der Waals surface area contributed by atoms with E-state index in [9.17, 15) is 9.59 Å². The van der Waals surface area contributed by atoms with Crippen molar-refractivity contribution in [2.24, 2.45) is 10.9 Å². The standard InChI is InChI=1S/C17H30N4O3/c1-6-24-16(23)14-8-7-9-21(12-14)17(18-10-13(2)3)19-11-15(22)20(4)5/h14H,2,6-12H2,1,3-5H3,(H,18,19). The van der Waals surface area contributed by atoms with Gasteiger partial charge in [0.2, 0.25) is 5.91 Å². The van der Waals surface area contributed by atoms with Gasteiger partial charge >= 0.3 is 5.97 Å². The number of amides is 1. The van der Waals surface area contributed by atoms with Crippen molar-refractivity contribution in [1.29, 1.82) is 0 Å². The molecule has 0 spiro atoms. The largest absolute Gasteiger partial charge is 0.466 e. The van der Waals surface area contributed by atoms with Crippen LogP contribution in [0.1, 0.15) is 26.7 Å². The quantitative estimate of drug-likeness (QED) is 0.337. The summed E-state index contributed by atoms with van der Waals surface area (Å²) < 4.78 is 5.14. The maximum atomic E-state index is 12.0. The lowest BCUT2D eigenvalue weighted by atomic mass is 9.98. The molecule has 136 valence electrons. The number of piperidine rings is 1. The molecule has 0 radical (unpaired) electrons. The van der Waals surface area contributed by atoms with Crippen molar-refractivity contribution < 1.29 is 14.3 Å². The molecule has 1 heterocycles. The van der Waals surface area contributed by atoms with E-state index in [0.717, 1.165) is 25.0 Å². The fraction of sp³-hybridized carbons (Fsp3) is 0.706. The number of aliphatic imine (C=N–C) groups is 1. The molecule has 1 amide bonds. The molecule has 24 heavy (non-hydrogen) atoms. The first kappa shape index (κ1) is 20.0. The molecular formula is C17H30N4O3. The van der Waals surface area contributed by atoms with Crippen LogP contribution < -0.4 is 5.32 Å². The minimum absolute atomic E-state index is 0.0661. The van der Waals surface area contributed by atoms with Crippen molar-refractivity contribution in [3.63, 3.8) is 0 Å². The third-order valence-corrected chi connectivity index (χ3v) is 3.75. The molecule has 1 fully saturated rings.